The standard InChI is InChI=1S/C58H63N2.C30H34N3.2Ir/c1-37-28-38(2)53(39(3)29-37)52-34-59-54-49-17-15-14-16-48(49)50-33-42(22-27-51(50)60(52)54)45-31-43(40-18-23-46(24-19-40)57(10,11)35-55(4,5)6)30-44(32-45)41-20-25-47(26-21-41)58(12,13)36-56(7,8)9;1-6-7-8-10-16-25-19-23(4)28(24(5)20-25)33-29(26-17-11-9-12-18-26)31-32-30(33)27-21(2)14-13-15-22(27)3;;/h14-16,18-34H,35-36H2,1-13H3;9,11-15,17,19-20H,6-8,10,16H2,1-5H3;;/q2*-1;;. The van der Waals surface area contributed by atoms with Crippen LogP contribution in [0.2, 0.25) is 0 Å². The van der Waals surface area contributed by atoms with Gasteiger partial charge in [-0.05, 0) is 209 Å². The fourth-order valence-corrected chi connectivity index (χ4v) is 15.5. The third-order valence-electron chi connectivity index (χ3n) is 18.9. The fraction of sp³-hybridized carbons (Fsp3) is 0.330. The summed E-state index contributed by atoms with van der Waals surface area (Å²) in [7, 11) is 0. The Hall–Kier alpha value is -7.37. The maximum absolute atomic E-state index is 5.06. The van der Waals surface area contributed by atoms with E-state index in [1.807, 2.05) is 24.3 Å². The molecule has 0 fully saturated rings. The SMILES string of the molecule is CCCCCCc1cc(C)c(-n2c(-c3[c-]cccc3)nnc2-c2c(C)cccc2C)c(C)c1.Cc1cc(C)c(-c2cnc3c4[c-]cccc4c4cc(-c5cc(-c6ccc(C(C)(C)CC(C)(C)C)cc6)cc(-c6ccc(C(C)(C)CC(C)(C)C)cc6)c5)ccc4n23)c(C)c1.[Ir].[Ir]. The molecular formula is C88H97Ir2N5-2. The Morgan fingerprint density at radius 2 is 0.979 bits per heavy atom. The van der Waals surface area contributed by atoms with Gasteiger partial charge in [0.2, 0.25) is 0 Å². The molecule has 95 heavy (non-hydrogen) atoms. The monoisotopic (exact) mass is 1610 g/mol. The number of pyridine rings is 1. The van der Waals surface area contributed by atoms with Crippen LogP contribution in [0, 0.1) is 71.4 Å². The molecule has 0 saturated carbocycles. The molecule has 3 heterocycles. The number of benzene rings is 9. The van der Waals surface area contributed by atoms with E-state index in [0.29, 0.717) is 0 Å². The van der Waals surface area contributed by atoms with Crippen molar-refractivity contribution in [1.29, 1.82) is 0 Å². The number of nitrogens with zero attached hydrogens (tertiary/aromatic N) is 5. The van der Waals surface area contributed by atoms with Gasteiger partial charge < -0.3 is 8.97 Å². The Balaban J connectivity index is 0.000000257. The Bertz CT molecular complexity index is 4520. The van der Waals surface area contributed by atoms with E-state index in [-0.39, 0.29) is 61.9 Å². The van der Waals surface area contributed by atoms with Crippen molar-refractivity contribution in [3.05, 3.63) is 244 Å². The molecule has 7 heteroatoms. The minimum absolute atomic E-state index is 0. The molecule has 0 atom stereocenters. The number of aryl methyl sites for hydroxylation is 8. The van der Waals surface area contributed by atoms with Crippen LogP contribution in [0.4, 0.5) is 0 Å². The van der Waals surface area contributed by atoms with Crippen LogP contribution in [0.5, 0.6) is 0 Å². The van der Waals surface area contributed by atoms with Crippen molar-refractivity contribution in [3.8, 4) is 73.1 Å². The third kappa shape index (κ3) is 15.7. The maximum Gasteiger partial charge on any atom is 0.159 e. The Kier molecular flexibility index (Phi) is 22.1. The predicted molar refractivity (Wildman–Crippen MR) is 397 cm³/mol. The Labute approximate surface area is 595 Å². The number of rotatable bonds is 16. The van der Waals surface area contributed by atoms with Crippen molar-refractivity contribution in [2.45, 2.75) is 180 Å². The average Bonchev–Trinajstić information content (AvgIpc) is 1.69. The zero-order chi connectivity index (χ0) is 66.3. The zero-order valence-corrected chi connectivity index (χ0v) is 64.4. The van der Waals surface area contributed by atoms with Crippen molar-refractivity contribution in [2.75, 3.05) is 0 Å². The van der Waals surface area contributed by atoms with E-state index in [0.717, 1.165) is 69.7 Å². The topological polar surface area (TPSA) is 48.0 Å². The largest absolute Gasteiger partial charge is 0.333 e. The van der Waals surface area contributed by atoms with Crippen LogP contribution in [-0.4, -0.2) is 24.1 Å². The van der Waals surface area contributed by atoms with Gasteiger partial charge in [-0.3, -0.25) is 4.98 Å². The van der Waals surface area contributed by atoms with E-state index in [1.165, 1.54) is 131 Å². The molecule has 9 aromatic carbocycles. The maximum atomic E-state index is 5.06. The van der Waals surface area contributed by atoms with E-state index in [2.05, 4.69) is 303 Å². The van der Waals surface area contributed by atoms with Crippen molar-refractivity contribution < 1.29 is 40.2 Å². The van der Waals surface area contributed by atoms with Gasteiger partial charge in [0.25, 0.3) is 0 Å². The van der Waals surface area contributed by atoms with Gasteiger partial charge in [-0.2, -0.15) is 5.10 Å². The number of hydrogen-bond acceptors (Lipinski definition) is 3. The number of fused-ring (bicyclic) bond motifs is 6. The van der Waals surface area contributed by atoms with Crippen LogP contribution in [0.15, 0.2) is 176 Å². The van der Waals surface area contributed by atoms with Crippen molar-refractivity contribution in [1.82, 2.24) is 24.1 Å². The minimum Gasteiger partial charge on any atom is -0.333 e. The van der Waals surface area contributed by atoms with Crippen LogP contribution in [0.25, 0.3) is 100 Å². The predicted octanol–water partition coefficient (Wildman–Crippen LogP) is 24.2. The summed E-state index contributed by atoms with van der Waals surface area (Å²) in [6.07, 6.45) is 10.5. The van der Waals surface area contributed by atoms with Crippen LogP contribution >= 0.6 is 0 Å². The molecule has 0 aliphatic carbocycles. The Morgan fingerprint density at radius 3 is 1.52 bits per heavy atom. The second-order valence-corrected chi connectivity index (χ2v) is 30.6. The molecule has 0 unspecified atom stereocenters. The van der Waals surface area contributed by atoms with Crippen LogP contribution < -0.4 is 0 Å². The minimum atomic E-state index is 0. The van der Waals surface area contributed by atoms with E-state index in [1.54, 1.807) is 0 Å². The molecule has 2 radical (unpaired) electrons. The first-order valence-electron chi connectivity index (χ1n) is 34.0. The number of imidazole rings is 1. The third-order valence-corrected chi connectivity index (χ3v) is 18.9. The molecule has 0 N–H and O–H groups in total. The molecule has 0 amide bonds. The van der Waals surface area contributed by atoms with Gasteiger partial charge in [0.15, 0.2) is 5.82 Å². The fourth-order valence-electron chi connectivity index (χ4n) is 15.5. The van der Waals surface area contributed by atoms with E-state index >= 15 is 0 Å². The molecule has 12 rings (SSSR count). The first-order chi connectivity index (χ1) is 44.2. The van der Waals surface area contributed by atoms with Crippen molar-refractivity contribution in [2.24, 2.45) is 10.8 Å². The molecule has 3 aromatic heterocycles. The summed E-state index contributed by atoms with van der Waals surface area (Å²) >= 11 is 0. The second-order valence-electron chi connectivity index (χ2n) is 30.6. The van der Waals surface area contributed by atoms with Gasteiger partial charge >= 0.3 is 0 Å². The molecule has 0 aliphatic rings. The van der Waals surface area contributed by atoms with E-state index in [4.69, 9.17) is 10.1 Å². The number of unbranched alkanes of at least 4 members (excludes halogenated alkanes) is 3. The normalized spacial score (nSPS) is 12.0. The van der Waals surface area contributed by atoms with Crippen molar-refractivity contribution in [3.63, 3.8) is 0 Å². The van der Waals surface area contributed by atoms with Gasteiger partial charge in [0.05, 0.1) is 17.2 Å². The Morgan fingerprint density at radius 1 is 0.442 bits per heavy atom. The molecule has 0 aliphatic heterocycles. The van der Waals surface area contributed by atoms with Gasteiger partial charge in [-0.25, -0.2) is 0 Å². The molecule has 5 nitrogen and oxygen atoms in total. The summed E-state index contributed by atoms with van der Waals surface area (Å²) < 4.78 is 4.60. The molecule has 0 saturated heterocycles. The number of hydrogen-bond donors (Lipinski definition) is 0. The number of aromatic nitrogens is 5. The zero-order valence-electron chi connectivity index (χ0n) is 59.6. The summed E-state index contributed by atoms with van der Waals surface area (Å²) in [4.78, 5) is 5.06. The summed E-state index contributed by atoms with van der Waals surface area (Å²) in [5.74, 6) is 1.72. The van der Waals surface area contributed by atoms with Gasteiger partial charge in [-0.15, -0.1) is 70.6 Å². The van der Waals surface area contributed by atoms with Crippen LogP contribution in [0.3, 0.4) is 0 Å². The molecule has 0 spiro atoms. The quantitative estimate of drug-likeness (QED) is 0.0550. The van der Waals surface area contributed by atoms with E-state index in [9.17, 15) is 0 Å². The summed E-state index contributed by atoms with van der Waals surface area (Å²) in [5.41, 5.74) is 28.5. The smallest absolute Gasteiger partial charge is 0.159 e. The average molecular weight is 1610 g/mol. The van der Waals surface area contributed by atoms with Crippen LogP contribution in [-0.2, 0) is 57.5 Å². The molecule has 12 aromatic rings. The molecular weight excluding hydrogens is 1510 g/mol. The summed E-state index contributed by atoms with van der Waals surface area (Å²) in [5, 5.41) is 12.8. The van der Waals surface area contributed by atoms with Crippen molar-refractivity contribution >= 4 is 27.3 Å². The van der Waals surface area contributed by atoms with Crippen LogP contribution in [0.1, 0.15) is 170 Å². The first kappa shape index (κ1) is 71.9. The first-order valence-corrected chi connectivity index (χ1v) is 34.0. The summed E-state index contributed by atoms with van der Waals surface area (Å²) in [6, 6.07) is 69.8. The molecule has 0 bridgehead atoms. The van der Waals surface area contributed by atoms with E-state index < -0.39 is 0 Å². The second kappa shape index (κ2) is 29.1. The van der Waals surface area contributed by atoms with Gasteiger partial charge in [0, 0.05) is 68.7 Å². The summed E-state index contributed by atoms with van der Waals surface area (Å²) in [6.45, 7) is 41.1. The molecule has 494 valence electrons. The van der Waals surface area contributed by atoms with Gasteiger partial charge in [0.1, 0.15) is 0 Å². The van der Waals surface area contributed by atoms with Gasteiger partial charge in [-0.1, -0.05) is 210 Å².